The van der Waals surface area contributed by atoms with Gasteiger partial charge in [0.1, 0.15) is 5.76 Å². The van der Waals surface area contributed by atoms with E-state index in [2.05, 4.69) is 5.10 Å². The molecular formula is C15H15N3O. The second-order valence-electron chi connectivity index (χ2n) is 4.41. The van der Waals surface area contributed by atoms with E-state index in [4.69, 9.17) is 10.2 Å². The Hall–Kier alpha value is -2.33. The molecule has 4 heteroatoms. The van der Waals surface area contributed by atoms with Crippen LogP contribution in [0.4, 0.5) is 0 Å². The van der Waals surface area contributed by atoms with E-state index in [1.54, 1.807) is 6.26 Å². The highest BCUT2D eigenvalue weighted by Gasteiger charge is 2.12. The lowest BCUT2D eigenvalue weighted by atomic mass is 10.1. The Morgan fingerprint density at radius 1 is 1.11 bits per heavy atom. The van der Waals surface area contributed by atoms with Crippen molar-refractivity contribution in [2.45, 2.75) is 12.5 Å². The molecule has 0 aliphatic heterocycles. The van der Waals surface area contributed by atoms with Crippen molar-refractivity contribution in [2.24, 2.45) is 5.73 Å². The van der Waals surface area contributed by atoms with E-state index in [9.17, 15) is 0 Å². The first-order valence-electron chi connectivity index (χ1n) is 6.22. The summed E-state index contributed by atoms with van der Waals surface area (Å²) in [5.41, 5.74) is 8.03. The summed E-state index contributed by atoms with van der Waals surface area (Å²) in [5, 5.41) is 4.51. The van der Waals surface area contributed by atoms with Crippen molar-refractivity contribution >= 4 is 0 Å². The summed E-state index contributed by atoms with van der Waals surface area (Å²) in [7, 11) is 0. The Labute approximate surface area is 111 Å². The third-order valence-electron chi connectivity index (χ3n) is 3.01. The van der Waals surface area contributed by atoms with E-state index in [1.807, 2.05) is 59.4 Å². The maximum absolute atomic E-state index is 6.14. The highest BCUT2D eigenvalue weighted by atomic mass is 16.3. The number of nitrogens with zero attached hydrogens (tertiary/aromatic N) is 2. The molecule has 2 aromatic heterocycles. The van der Waals surface area contributed by atoms with Gasteiger partial charge in [0, 0.05) is 12.6 Å². The largest absolute Gasteiger partial charge is 0.469 e. The SMILES string of the molecule is NC(Cc1ccco1)c1ccn(-c2ccccc2)n1. The van der Waals surface area contributed by atoms with E-state index in [0.29, 0.717) is 6.42 Å². The zero-order valence-electron chi connectivity index (χ0n) is 10.4. The Bertz CT molecular complexity index is 628. The molecule has 0 saturated carbocycles. The molecule has 3 rings (SSSR count). The first-order valence-corrected chi connectivity index (χ1v) is 6.22. The van der Waals surface area contributed by atoms with Crippen LogP contribution in [0.25, 0.3) is 5.69 Å². The molecule has 0 aliphatic rings. The minimum absolute atomic E-state index is 0.156. The van der Waals surface area contributed by atoms with Crippen molar-refractivity contribution < 1.29 is 4.42 Å². The van der Waals surface area contributed by atoms with Gasteiger partial charge in [-0.3, -0.25) is 0 Å². The van der Waals surface area contributed by atoms with Crippen LogP contribution in [0, 0.1) is 0 Å². The molecule has 19 heavy (non-hydrogen) atoms. The molecule has 4 nitrogen and oxygen atoms in total. The molecule has 2 heterocycles. The van der Waals surface area contributed by atoms with Crippen LogP contribution >= 0.6 is 0 Å². The van der Waals surface area contributed by atoms with Gasteiger partial charge in [0.05, 0.1) is 23.7 Å². The zero-order chi connectivity index (χ0) is 13.1. The highest BCUT2D eigenvalue weighted by Crippen LogP contribution is 2.16. The van der Waals surface area contributed by atoms with Gasteiger partial charge in [0.2, 0.25) is 0 Å². The highest BCUT2D eigenvalue weighted by molar-refractivity contribution is 5.30. The maximum atomic E-state index is 6.14. The van der Waals surface area contributed by atoms with Crippen LogP contribution in [0.5, 0.6) is 0 Å². The third-order valence-corrected chi connectivity index (χ3v) is 3.01. The quantitative estimate of drug-likeness (QED) is 0.777. The normalized spacial score (nSPS) is 12.5. The van der Waals surface area contributed by atoms with E-state index in [1.165, 1.54) is 0 Å². The molecule has 0 bridgehead atoms. The van der Waals surface area contributed by atoms with Crippen molar-refractivity contribution in [3.05, 3.63) is 72.4 Å². The van der Waals surface area contributed by atoms with Gasteiger partial charge in [0.25, 0.3) is 0 Å². The number of rotatable bonds is 4. The Morgan fingerprint density at radius 2 is 1.95 bits per heavy atom. The standard InChI is InChI=1S/C15H15N3O/c16-14(11-13-7-4-10-19-13)15-8-9-18(17-15)12-5-2-1-3-6-12/h1-10,14H,11,16H2. The molecule has 0 saturated heterocycles. The number of benzene rings is 1. The zero-order valence-corrected chi connectivity index (χ0v) is 10.4. The molecule has 1 atom stereocenters. The molecular weight excluding hydrogens is 238 g/mol. The monoisotopic (exact) mass is 253 g/mol. The van der Waals surface area contributed by atoms with E-state index in [-0.39, 0.29) is 6.04 Å². The average Bonchev–Trinajstić information content (AvgIpc) is 3.10. The summed E-state index contributed by atoms with van der Waals surface area (Å²) < 4.78 is 7.13. The smallest absolute Gasteiger partial charge is 0.105 e. The lowest BCUT2D eigenvalue weighted by Gasteiger charge is -2.06. The first kappa shape index (κ1) is 11.7. The fourth-order valence-corrected chi connectivity index (χ4v) is 2.01. The molecule has 3 aromatic rings. The fraction of sp³-hybridized carbons (Fsp3) is 0.133. The van der Waals surface area contributed by atoms with Crippen molar-refractivity contribution in [3.8, 4) is 5.69 Å². The average molecular weight is 253 g/mol. The predicted octanol–water partition coefficient (Wildman–Crippen LogP) is 2.71. The maximum Gasteiger partial charge on any atom is 0.105 e. The van der Waals surface area contributed by atoms with Crippen molar-refractivity contribution in [2.75, 3.05) is 0 Å². The van der Waals surface area contributed by atoms with Gasteiger partial charge >= 0.3 is 0 Å². The van der Waals surface area contributed by atoms with Crippen LogP contribution in [0.1, 0.15) is 17.5 Å². The minimum atomic E-state index is -0.156. The summed E-state index contributed by atoms with van der Waals surface area (Å²) in [6.07, 6.45) is 4.23. The van der Waals surface area contributed by atoms with Crippen LogP contribution in [0.15, 0.2) is 65.4 Å². The number of nitrogens with two attached hydrogens (primary N) is 1. The summed E-state index contributed by atoms with van der Waals surface area (Å²) in [4.78, 5) is 0. The Balaban J connectivity index is 1.78. The van der Waals surface area contributed by atoms with Crippen LogP contribution < -0.4 is 5.73 Å². The van der Waals surface area contributed by atoms with Crippen molar-refractivity contribution in [1.29, 1.82) is 0 Å². The molecule has 0 radical (unpaired) electrons. The molecule has 0 aliphatic carbocycles. The second kappa shape index (κ2) is 5.12. The van der Waals surface area contributed by atoms with Crippen molar-refractivity contribution in [3.63, 3.8) is 0 Å². The van der Waals surface area contributed by atoms with E-state index < -0.39 is 0 Å². The molecule has 1 unspecified atom stereocenters. The van der Waals surface area contributed by atoms with Gasteiger partial charge < -0.3 is 10.2 Å². The number of para-hydroxylation sites is 1. The first-order chi connectivity index (χ1) is 9.33. The molecule has 2 N–H and O–H groups in total. The second-order valence-corrected chi connectivity index (χ2v) is 4.41. The number of hydrogen-bond donors (Lipinski definition) is 1. The van der Waals surface area contributed by atoms with Crippen LogP contribution in [0.3, 0.4) is 0 Å². The van der Waals surface area contributed by atoms with E-state index >= 15 is 0 Å². The van der Waals surface area contributed by atoms with Gasteiger partial charge in [-0.1, -0.05) is 18.2 Å². The van der Waals surface area contributed by atoms with Gasteiger partial charge in [0.15, 0.2) is 0 Å². The number of aromatic nitrogens is 2. The lowest BCUT2D eigenvalue weighted by Crippen LogP contribution is -2.14. The molecule has 0 spiro atoms. The van der Waals surface area contributed by atoms with Crippen molar-refractivity contribution in [1.82, 2.24) is 9.78 Å². The Morgan fingerprint density at radius 3 is 2.68 bits per heavy atom. The third kappa shape index (κ3) is 2.58. The summed E-state index contributed by atoms with van der Waals surface area (Å²) in [5.74, 6) is 0.877. The molecule has 96 valence electrons. The number of hydrogen-bond acceptors (Lipinski definition) is 3. The summed E-state index contributed by atoms with van der Waals surface area (Å²) in [6.45, 7) is 0. The van der Waals surface area contributed by atoms with Crippen LogP contribution in [-0.4, -0.2) is 9.78 Å². The molecule has 0 fully saturated rings. The van der Waals surface area contributed by atoms with Crippen LogP contribution in [-0.2, 0) is 6.42 Å². The number of furan rings is 1. The van der Waals surface area contributed by atoms with Gasteiger partial charge in [-0.25, -0.2) is 4.68 Å². The lowest BCUT2D eigenvalue weighted by molar-refractivity contribution is 0.485. The van der Waals surface area contributed by atoms with Gasteiger partial charge in [-0.05, 0) is 30.3 Å². The van der Waals surface area contributed by atoms with E-state index in [0.717, 1.165) is 17.1 Å². The topological polar surface area (TPSA) is 57.0 Å². The molecule has 0 amide bonds. The summed E-state index contributed by atoms with van der Waals surface area (Å²) >= 11 is 0. The summed E-state index contributed by atoms with van der Waals surface area (Å²) in [6, 6.07) is 15.6. The fourth-order valence-electron chi connectivity index (χ4n) is 2.01. The van der Waals surface area contributed by atoms with Crippen LogP contribution in [0.2, 0.25) is 0 Å². The Kier molecular flexibility index (Phi) is 3.16. The van der Waals surface area contributed by atoms with Gasteiger partial charge in [-0.15, -0.1) is 0 Å². The minimum Gasteiger partial charge on any atom is -0.469 e. The molecule has 1 aromatic carbocycles. The van der Waals surface area contributed by atoms with Gasteiger partial charge in [-0.2, -0.15) is 5.10 Å². The predicted molar refractivity (Wildman–Crippen MR) is 72.9 cm³/mol.